The first-order valence-corrected chi connectivity index (χ1v) is 10.6. The van der Waals surface area contributed by atoms with E-state index in [0.29, 0.717) is 0 Å². The molecule has 0 aromatic heterocycles. The molecule has 0 radical (unpaired) electrons. The van der Waals surface area contributed by atoms with E-state index in [0.717, 1.165) is 21.6 Å². The number of hydrogen-bond acceptors (Lipinski definition) is 10. The van der Waals surface area contributed by atoms with Gasteiger partial charge in [0.1, 0.15) is 12.1 Å². The lowest BCUT2D eigenvalue weighted by molar-refractivity contribution is -0.142. The van der Waals surface area contributed by atoms with Crippen molar-refractivity contribution in [1.29, 1.82) is 0 Å². The summed E-state index contributed by atoms with van der Waals surface area (Å²) in [5.41, 5.74) is 10.7. The first-order valence-electron chi connectivity index (χ1n) is 8.10. The second-order valence-electron chi connectivity index (χ2n) is 5.78. The van der Waals surface area contributed by atoms with Gasteiger partial charge in [-0.3, -0.25) is 19.2 Å². The number of rotatable bonds is 15. The van der Waals surface area contributed by atoms with Crippen LogP contribution in [0.1, 0.15) is 12.8 Å². The molecule has 10 N–H and O–H groups in total. The Morgan fingerprint density at radius 1 is 0.667 bits per heavy atom. The van der Waals surface area contributed by atoms with Crippen molar-refractivity contribution in [2.45, 2.75) is 37.0 Å². The van der Waals surface area contributed by atoms with Crippen molar-refractivity contribution < 1.29 is 49.2 Å². The van der Waals surface area contributed by atoms with Crippen molar-refractivity contribution >= 4 is 57.3 Å². The van der Waals surface area contributed by atoms with Gasteiger partial charge in [0.25, 0.3) is 0 Å². The maximum absolute atomic E-state index is 11.7. The molecule has 0 aliphatic rings. The highest BCUT2D eigenvalue weighted by Crippen LogP contribution is 2.23. The highest BCUT2D eigenvalue weighted by molar-refractivity contribution is 8.76. The first kappa shape index (κ1) is 27.4. The van der Waals surface area contributed by atoms with Crippen molar-refractivity contribution in [3.8, 4) is 0 Å². The molecule has 4 atom stereocenters. The zero-order valence-corrected chi connectivity index (χ0v) is 17.0. The maximum atomic E-state index is 11.7. The lowest BCUT2D eigenvalue weighted by Gasteiger charge is -2.18. The molecule has 0 heterocycles. The minimum Gasteiger partial charge on any atom is -0.481 e. The number of hydrogen-bond donors (Lipinski definition) is 8. The molecule has 16 heteroatoms. The number of amides is 2. The average Bonchev–Trinajstić information content (AvgIpc) is 2.60. The van der Waals surface area contributed by atoms with Crippen molar-refractivity contribution in [3.63, 3.8) is 0 Å². The Kier molecular flexibility index (Phi) is 12.5. The lowest BCUT2D eigenvalue weighted by Crippen LogP contribution is -2.50. The number of carboxylic acids is 4. The molecule has 0 saturated heterocycles. The predicted octanol–water partition coefficient (Wildman–Crippen LogP) is -2.89. The molecule has 0 aromatic carbocycles. The minimum absolute atomic E-state index is 0.218. The molecule has 14 nitrogen and oxygen atoms in total. The summed E-state index contributed by atoms with van der Waals surface area (Å²) in [6.07, 6.45) is -1.38. The number of carbonyl (C=O) groups is 6. The van der Waals surface area contributed by atoms with Gasteiger partial charge in [-0.25, -0.2) is 9.59 Å². The van der Waals surface area contributed by atoms with Gasteiger partial charge in [-0.15, -0.1) is 0 Å². The van der Waals surface area contributed by atoms with E-state index in [4.69, 9.17) is 31.9 Å². The Morgan fingerprint density at radius 2 is 0.967 bits per heavy atom. The van der Waals surface area contributed by atoms with Crippen LogP contribution in [0.2, 0.25) is 0 Å². The number of nitrogens with two attached hydrogens (primary N) is 2. The summed E-state index contributed by atoms with van der Waals surface area (Å²) < 4.78 is 0. The Balaban J connectivity index is 4.61. The molecule has 0 saturated carbocycles. The first-order chi connectivity index (χ1) is 13.8. The second kappa shape index (κ2) is 13.6. The van der Waals surface area contributed by atoms with Gasteiger partial charge >= 0.3 is 23.9 Å². The zero-order valence-electron chi connectivity index (χ0n) is 15.3. The molecule has 30 heavy (non-hydrogen) atoms. The quantitative estimate of drug-likeness (QED) is 0.0882. The Bertz CT molecular complexity index is 621. The summed E-state index contributed by atoms with van der Waals surface area (Å²) in [4.78, 5) is 67.0. The normalized spacial score (nSPS) is 14.6. The summed E-state index contributed by atoms with van der Waals surface area (Å²) in [7, 11) is 1.75. The zero-order chi connectivity index (χ0) is 23.4. The standard InChI is InChI=1S/C14H22N4O10S2/c15-5(1-9(19)20)11(23)17-7(13(25)26)3-29-30-4-8(14(27)28)18-12(24)6(16)2-10(21)22/h5-8H,1-4,15-16H2,(H,17,23)(H,18,24)(H,19,20)(H,21,22)(H,25,26)(H,27,28)/t5-,6-,7-,8?/m0/s1. The van der Waals surface area contributed by atoms with E-state index in [1.807, 2.05) is 0 Å². The Hall–Kier alpha value is -2.56. The van der Waals surface area contributed by atoms with E-state index < -0.39 is 72.7 Å². The van der Waals surface area contributed by atoms with Gasteiger partial charge in [0.2, 0.25) is 11.8 Å². The fraction of sp³-hybridized carbons (Fsp3) is 0.571. The smallest absolute Gasteiger partial charge is 0.327 e. The maximum Gasteiger partial charge on any atom is 0.327 e. The number of nitrogens with one attached hydrogen (secondary N) is 2. The molecule has 0 rings (SSSR count). The van der Waals surface area contributed by atoms with Gasteiger partial charge in [-0.05, 0) is 0 Å². The highest BCUT2D eigenvalue weighted by atomic mass is 33.1. The van der Waals surface area contributed by atoms with E-state index in [9.17, 15) is 28.8 Å². The van der Waals surface area contributed by atoms with Crippen LogP contribution in [0.15, 0.2) is 0 Å². The monoisotopic (exact) mass is 470 g/mol. The van der Waals surface area contributed by atoms with Crippen LogP contribution in [0.4, 0.5) is 0 Å². The molecule has 0 aliphatic heterocycles. The predicted molar refractivity (Wildman–Crippen MR) is 105 cm³/mol. The average molecular weight is 470 g/mol. The third-order valence-electron chi connectivity index (χ3n) is 3.24. The fourth-order valence-corrected chi connectivity index (χ4v) is 4.01. The van der Waals surface area contributed by atoms with Crippen LogP contribution in [-0.2, 0) is 28.8 Å². The number of carboxylic acid groups (broad SMARTS) is 4. The second-order valence-corrected chi connectivity index (χ2v) is 8.33. The van der Waals surface area contributed by atoms with Crippen LogP contribution < -0.4 is 22.1 Å². The summed E-state index contributed by atoms with van der Waals surface area (Å²) in [5.74, 6) is -7.88. The topological polar surface area (TPSA) is 259 Å². The minimum atomic E-state index is -1.44. The van der Waals surface area contributed by atoms with Crippen LogP contribution in [-0.4, -0.2) is 91.8 Å². The van der Waals surface area contributed by atoms with Crippen molar-refractivity contribution in [2.24, 2.45) is 11.5 Å². The van der Waals surface area contributed by atoms with Crippen LogP contribution in [0.25, 0.3) is 0 Å². The SMILES string of the molecule is N[C@@H](CC(=O)O)C(=O)NC(CSSC[C@H](NC(=O)[C@@H](N)CC(=O)O)C(=O)O)C(=O)O. The van der Waals surface area contributed by atoms with Gasteiger partial charge in [0, 0.05) is 11.5 Å². The number of aliphatic carboxylic acids is 4. The van der Waals surface area contributed by atoms with Gasteiger partial charge in [0.15, 0.2) is 0 Å². The molecule has 1 unspecified atom stereocenters. The lowest BCUT2D eigenvalue weighted by atomic mass is 10.2. The van der Waals surface area contributed by atoms with Gasteiger partial charge in [0.05, 0.1) is 24.9 Å². The summed E-state index contributed by atoms with van der Waals surface area (Å²) in [5, 5.41) is 39.6. The third kappa shape index (κ3) is 11.4. The third-order valence-corrected chi connectivity index (χ3v) is 5.67. The number of carbonyl (C=O) groups excluding carboxylic acids is 2. The summed E-state index contributed by atoms with van der Waals surface area (Å²) in [6, 6.07) is -5.72. The molecule has 0 fully saturated rings. The van der Waals surface area contributed by atoms with E-state index >= 15 is 0 Å². The Labute approximate surface area is 177 Å². The van der Waals surface area contributed by atoms with Crippen LogP contribution in [0, 0.1) is 0 Å². The van der Waals surface area contributed by atoms with Crippen LogP contribution >= 0.6 is 21.6 Å². The fourth-order valence-electron chi connectivity index (χ4n) is 1.70. The van der Waals surface area contributed by atoms with Crippen molar-refractivity contribution in [3.05, 3.63) is 0 Å². The molecule has 0 aliphatic carbocycles. The Morgan fingerprint density at radius 3 is 1.20 bits per heavy atom. The molecule has 170 valence electrons. The molecule has 2 amide bonds. The molecule has 0 bridgehead atoms. The van der Waals surface area contributed by atoms with Gasteiger partial charge in [-0.1, -0.05) is 21.6 Å². The molecule has 0 spiro atoms. The van der Waals surface area contributed by atoms with Crippen LogP contribution in [0.5, 0.6) is 0 Å². The van der Waals surface area contributed by atoms with Crippen molar-refractivity contribution in [2.75, 3.05) is 11.5 Å². The van der Waals surface area contributed by atoms with E-state index in [2.05, 4.69) is 10.6 Å². The summed E-state index contributed by atoms with van der Waals surface area (Å²) >= 11 is 0. The molecular weight excluding hydrogens is 448 g/mol. The van der Waals surface area contributed by atoms with E-state index in [1.54, 1.807) is 0 Å². The van der Waals surface area contributed by atoms with Crippen LogP contribution in [0.3, 0.4) is 0 Å². The summed E-state index contributed by atoms with van der Waals surface area (Å²) in [6.45, 7) is 0. The van der Waals surface area contributed by atoms with E-state index in [-0.39, 0.29) is 11.5 Å². The van der Waals surface area contributed by atoms with Crippen molar-refractivity contribution in [1.82, 2.24) is 10.6 Å². The molecule has 0 aromatic rings. The van der Waals surface area contributed by atoms with Gasteiger partial charge in [-0.2, -0.15) is 0 Å². The largest absolute Gasteiger partial charge is 0.481 e. The van der Waals surface area contributed by atoms with E-state index in [1.165, 1.54) is 0 Å². The van der Waals surface area contributed by atoms with Gasteiger partial charge < -0.3 is 42.5 Å². The molecular formula is C14H22N4O10S2. The highest BCUT2D eigenvalue weighted by Gasteiger charge is 2.27.